The van der Waals surface area contributed by atoms with Crippen molar-refractivity contribution in [2.24, 2.45) is 17.8 Å². The highest BCUT2D eigenvalue weighted by Gasteiger charge is 2.45. The quantitative estimate of drug-likeness (QED) is 0.463. The van der Waals surface area contributed by atoms with Crippen molar-refractivity contribution in [3.63, 3.8) is 0 Å². The zero-order chi connectivity index (χ0) is 28.3. The molecule has 0 spiro atoms. The van der Waals surface area contributed by atoms with Crippen molar-refractivity contribution in [2.75, 3.05) is 7.05 Å². The second-order valence-electron chi connectivity index (χ2n) is 10.9. The maximum absolute atomic E-state index is 13.7. The third-order valence-electron chi connectivity index (χ3n) is 7.91. The molecule has 6 atom stereocenters. The molecule has 208 valence electrons. The van der Waals surface area contributed by atoms with E-state index in [1.165, 1.54) is 17.0 Å². The molecule has 9 heteroatoms. The topological polar surface area (TPSA) is 136 Å². The minimum Gasteiger partial charge on any atom is -0.507 e. The van der Waals surface area contributed by atoms with Crippen LogP contribution in [0.2, 0.25) is 0 Å². The van der Waals surface area contributed by atoms with E-state index in [0.29, 0.717) is 0 Å². The van der Waals surface area contributed by atoms with Gasteiger partial charge in [-0.15, -0.1) is 0 Å². The first-order valence-corrected chi connectivity index (χ1v) is 13.5. The van der Waals surface area contributed by atoms with Crippen LogP contribution in [0, 0.1) is 17.8 Å². The number of hydrogen-bond acceptors (Lipinski definition) is 6. The lowest BCUT2D eigenvalue weighted by Crippen LogP contribution is -2.59. The summed E-state index contributed by atoms with van der Waals surface area (Å²) in [6.45, 7) is 3.31. The first-order chi connectivity index (χ1) is 18.6. The Morgan fingerprint density at radius 2 is 1.67 bits per heavy atom. The second kappa shape index (κ2) is 12.0. The Hall–Kier alpha value is -3.72. The van der Waals surface area contributed by atoms with Gasteiger partial charge in [0.2, 0.25) is 11.8 Å². The molecule has 4 N–H and O–H groups in total. The zero-order valence-corrected chi connectivity index (χ0v) is 22.5. The molecular formula is C30H37N3O6. The Labute approximate surface area is 228 Å². The van der Waals surface area contributed by atoms with Crippen molar-refractivity contribution >= 4 is 23.5 Å². The molecule has 4 rings (SSSR count). The van der Waals surface area contributed by atoms with Crippen LogP contribution in [0.4, 0.5) is 0 Å². The van der Waals surface area contributed by atoms with Crippen molar-refractivity contribution in [3.05, 3.63) is 65.7 Å². The number of aliphatic hydroxyl groups is 1. The normalized spacial score (nSPS) is 28.7. The van der Waals surface area contributed by atoms with Crippen LogP contribution in [-0.4, -0.2) is 69.9 Å². The molecule has 1 aliphatic heterocycles. The number of nitrogens with one attached hydrogen (secondary N) is 2. The molecule has 0 radical (unpaired) electrons. The van der Waals surface area contributed by atoms with E-state index in [1.54, 1.807) is 33.0 Å². The predicted octanol–water partition coefficient (Wildman–Crippen LogP) is 2.06. The SMILES string of the molecule is C[C@H]1CC(=O)C(C2CC2)N(C)C(=O)[C@H](C)[C@H](O)[C@H](Cc2ccccc2)NC(=O)[C@H]1NC(=O)c1ccccc1O. The van der Waals surface area contributed by atoms with Gasteiger partial charge in [0, 0.05) is 13.5 Å². The summed E-state index contributed by atoms with van der Waals surface area (Å²) >= 11 is 0. The van der Waals surface area contributed by atoms with E-state index in [0.717, 1.165) is 18.4 Å². The molecule has 1 saturated heterocycles. The molecule has 2 aromatic carbocycles. The van der Waals surface area contributed by atoms with Crippen LogP contribution in [0.3, 0.4) is 0 Å². The number of likely N-dealkylation sites (N-methyl/N-ethyl adjacent to an activating group) is 1. The lowest BCUT2D eigenvalue weighted by molar-refractivity contribution is -0.146. The number of rotatable bonds is 5. The number of phenols is 1. The van der Waals surface area contributed by atoms with Gasteiger partial charge >= 0.3 is 0 Å². The van der Waals surface area contributed by atoms with Gasteiger partial charge in [-0.1, -0.05) is 56.3 Å². The van der Waals surface area contributed by atoms with Gasteiger partial charge in [0.1, 0.15) is 11.8 Å². The van der Waals surface area contributed by atoms with E-state index in [-0.39, 0.29) is 41.8 Å². The van der Waals surface area contributed by atoms with Crippen LogP contribution in [0.1, 0.15) is 49.0 Å². The van der Waals surface area contributed by atoms with Gasteiger partial charge in [-0.3, -0.25) is 19.2 Å². The summed E-state index contributed by atoms with van der Waals surface area (Å²) in [6.07, 6.45) is 0.629. The predicted molar refractivity (Wildman–Crippen MR) is 145 cm³/mol. The van der Waals surface area contributed by atoms with Crippen molar-refractivity contribution < 1.29 is 29.4 Å². The number of aromatic hydroxyl groups is 1. The molecule has 39 heavy (non-hydrogen) atoms. The average Bonchev–Trinajstić information content (AvgIpc) is 3.75. The molecule has 0 bridgehead atoms. The number of phenolic OH excluding ortho intramolecular Hbond substituents is 1. The number of Topliss-reactive ketones (excluding diaryl/α,β-unsaturated/α-hetero) is 1. The Morgan fingerprint density at radius 3 is 2.31 bits per heavy atom. The Morgan fingerprint density at radius 1 is 1.03 bits per heavy atom. The van der Waals surface area contributed by atoms with E-state index < -0.39 is 47.9 Å². The molecule has 2 aliphatic rings. The zero-order valence-electron chi connectivity index (χ0n) is 22.5. The van der Waals surface area contributed by atoms with Crippen LogP contribution in [0.5, 0.6) is 5.75 Å². The number of hydrogen-bond donors (Lipinski definition) is 4. The van der Waals surface area contributed by atoms with E-state index in [1.807, 2.05) is 30.3 Å². The number of nitrogens with zero attached hydrogens (tertiary/aromatic N) is 1. The fourth-order valence-corrected chi connectivity index (χ4v) is 5.46. The molecule has 2 aromatic rings. The number of para-hydroxylation sites is 1. The molecule has 1 unspecified atom stereocenters. The van der Waals surface area contributed by atoms with E-state index in [9.17, 15) is 29.4 Å². The lowest BCUT2D eigenvalue weighted by atomic mass is 9.87. The average molecular weight is 536 g/mol. The number of amides is 3. The standard InChI is InChI=1S/C30H37N3O6/c1-17-15-24(35)26(20-13-14-20)33(3)30(39)18(2)27(36)22(16-19-9-5-4-6-10-19)31-29(38)25(17)32-28(37)21-11-7-8-12-23(21)34/h4-12,17-18,20,22,25-27,34,36H,13-16H2,1-3H3,(H,31,38)(H,32,37)/t17-,18+,22-,25-,26?,27-/m0/s1. The molecule has 1 saturated carbocycles. The van der Waals surface area contributed by atoms with Crippen LogP contribution in [-0.2, 0) is 20.8 Å². The molecule has 1 heterocycles. The van der Waals surface area contributed by atoms with E-state index in [4.69, 9.17) is 0 Å². The number of carbonyl (C=O) groups is 4. The summed E-state index contributed by atoms with van der Waals surface area (Å²) in [7, 11) is 1.60. The first kappa shape index (κ1) is 28.3. The Balaban J connectivity index is 1.70. The number of aliphatic hydroxyl groups excluding tert-OH is 1. The lowest BCUT2D eigenvalue weighted by Gasteiger charge is -2.36. The molecule has 0 aromatic heterocycles. The number of carbonyl (C=O) groups excluding carboxylic acids is 4. The highest BCUT2D eigenvalue weighted by Crippen LogP contribution is 2.37. The highest BCUT2D eigenvalue weighted by atomic mass is 16.3. The Kier molecular flexibility index (Phi) is 8.70. The van der Waals surface area contributed by atoms with Gasteiger partial charge in [0.05, 0.1) is 29.7 Å². The van der Waals surface area contributed by atoms with Crippen LogP contribution >= 0.6 is 0 Å². The van der Waals surface area contributed by atoms with Gasteiger partial charge in [0.25, 0.3) is 5.91 Å². The third kappa shape index (κ3) is 6.47. The largest absolute Gasteiger partial charge is 0.507 e. The summed E-state index contributed by atoms with van der Waals surface area (Å²) in [4.78, 5) is 55.2. The fourth-order valence-electron chi connectivity index (χ4n) is 5.46. The van der Waals surface area contributed by atoms with Crippen LogP contribution in [0.15, 0.2) is 54.6 Å². The van der Waals surface area contributed by atoms with Crippen molar-refractivity contribution in [2.45, 2.75) is 63.8 Å². The first-order valence-electron chi connectivity index (χ1n) is 13.5. The smallest absolute Gasteiger partial charge is 0.255 e. The minimum atomic E-state index is -1.25. The highest BCUT2D eigenvalue weighted by molar-refractivity contribution is 6.00. The fraction of sp³-hybridized carbons (Fsp3) is 0.467. The van der Waals surface area contributed by atoms with Gasteiger partial charge in [0.15, 0.2) is 5.78 Å². The molecule has 1 aliphatic carbocycles. The van der Waals surface area contributed by atoms with Crippen molar-refractivity contribution in [3.8, 4) is 5.75 Å². The Bertz CT molecular complexity index is 1210. The van der Waals surface area contributed by atoms with E-state index in [2.05, 4.69) is 10.6 Å². The molecule has 3 amide bonds. The van der Waals surface area contributed by atoms with Crippen LogP contribution in [0.25, 0.3) is 0 Å². The van der Waals surface area contributed by atoms with Gasteiger partial charge in [-0.05, 0) is 48.8 Å². The van der Waals surface area contributed by atoms with Gasteiger partial charge < -0.3 is 25.7 Å². The number of ketones is 1. The van der Waals surface area contributed by atoms with Crippen molar-refractivity contribution in [1.29, 1.82) is 0 Å². The van der Waals surface area contributed by atoms with Gasteiger partial charge in [-0.25, -0.2) is 0 Å². The van der Waals surface area contributed by atoms with Gasteiger partial charge in [-0.2, -0.15) is 0 Å². The second-order valence-corrected chi connectivity index (χ2v) is 10.9. The summed E-state index contributed by atoms with van der Waals surface area (Å²) in [5, 5.41) is 27.1. The van der Waals surface area contributed by atoms with Crippen molar-refractivity contribution in [1.82, 2.24) is 15.5 Å². The third-order valence-corrected chi connectivity index (χ3v) is 7.91. The molecule has 9 nitrogen and oxygen atoms in total. The van der Waals surface area contributed by atoms with E-state index >= 15 is 0 Å². The monoisotopic (exact) mass is 535 g/mol. The summed E-state index contributed by atoms with van der Waals surface area (Å²) in [6, 6.07) is 12.7. The summed E-state index contributed by atoms with van der Waals surface area (Å²) < 4.78 is 0. The summed E-state index contributed by atoms with van der Waals surface area (Å²) in [5.74, 6) is -3.46. The molecular weight excluding hydrogens is 498 g/mol. The maximum Gasteiger partial charge on any atom is 0.255 e. The molecule has 2 fully saturated rings. The summed E-state index contributed by atoms with van der Waals surface area (Å²) in [5.41, 5.74) is 0.862. The number of benzene rings is 2. The minimum absolute atomic E-state index is 0.00521. The van der Waals surface area contributed by atoms with Crippen LogP contribution < -0.4 is 10.6 Å². The maximum atomic E-state index is 13.7.